The summed E-state index contributed by atoms with van der Waals surface area (Å²) in [5.74, 6) is -0.246. The van der Waals surface area contributed by atoms with Gasteiger partial charge in [-0.25, -0.2) is 14.4 Å². The number of aliphatic hydroxyl groups excluding tert-OH is 1. The van der Waals surface area contributed by atoms with Crippen LogP contribution in [0.25, 0.3) is 11.2 Å². The second kappa shape index (κ2) is 10.3. The molecule has 10 nitrogen and oxygen atoms in total. The molecule has 2 saturated carbocycles. The Morgan fingerprint density at radius 2 is 2.05 bits per heavy atom. The van der Waals surface area contributed by atoms with Gasteiger partial charge in [0.1, 0.15) is 11.3 Å². The SMILES string of the molecule is C[C@]1(C(N)=O)CC[C@@H](n2c(Nc3c(F)cc(C#N)cc3Cl)nc3cnc(N[C@H]4CCC[C@@H](O)C4)nc32)CC1. The molecule has 38 heavy (non-hydrogen) atoms. The molecule has 0 bridgehead atoms. The Balaban J connectivity index is 1.53. The molecule has 2 atom stereocenters. The van der Waals surface area contributed by atoms with Gasteiger partial charge in [-0.05, 0) is 63.5 Å². The highest BCUT2D eigenvalue weighted by molar-refractivity contribution is 6.33. The Kier molecular flexibility index (Phi) is 7.11. The average molecular weight is 541 g/mol. The number of amides is 1. The monoisotopic (exact) mass is 540 g/mol. The summed E-state index contributed by atoms with van der Waals surface area (Å²) >= 11 is 6.32. The summed E-state index contributed by atoms with van der Waals surface area (Å²) in [5, 5.41) is 25.6. The minimum absolute atomic E-state index is 0.00232. The molecule has 1 amide bonds. The van der Waals surface area contributed by atoms with Crippen molar-refractivity contribution in [3.8, 4) is 6.07 Å². The number of nitrogens with one attached hydrogen (secondary N) is 2. The van der Waals surface area contributed by atoms with Crippen molar-refractivity contribution >= 4 is 46.3 Å². The van der Waals surface area contributed by atoms with E-state index >= 15 is 0 Å². The number of imidazole rings is 1. The van der Waals surface area contributed by atoms with E-state index < -0.39 is 11.2 Å². The summed E-state index contributed by atoms with van der Waals surface area (Å²) in [7, 11) is 0. The lowest BCUT2D eigenvalue weighted by atomic mass is 9.73. The van der Waals surface area contributed by atoms with E-state index in [4.69, 9.17) is 27.6 Å². The lowest BCUT2D eigenvalue weighted by molar-refractivity contribution is -0.128. The molecular weight excluding hydrogens is 511 g/mol. The lowest BCUT2D eigenvalue weighted by Gasteiger charge is -2.35. The van der Waals surface area contributed by atoms with Crippen molar-refractivity contribution in [2.45, 2.75) is 76.5 Å². The van der Waals surface area contributed by atoms with Crippen molar-refractivity contribution in [3.05, 3.63) is 34.7 Å². The molecule has 2 heterocycles. The standard InChI is InChI=1S/C26H30ClFN8O2/c1-26(23(30)38)7-5-16(6-8-26)36-22-20(13-31-24(35-22)32-15-3-2-4-17(37)11-15)33-25(36)34-21-18(27)9-14(12-29)10-19(21)28/h9-10,13,15-17,37H,2-8,11H2,1H3,(H2,30,38)(H,33,34)(H,31,32,35)/t15-,16-,17+,26+/m0/s1. The third-order valence-corrected chi connectivity index (χ3v) is 8.14. The molecule has 0 saturated heterocycles. The molecule has 0 radical (unpaired) electrons. The average Bonchev–Trinajstić information content (AvgIpc) is 3.23. The van der Waals surface area contributed by atoms with E-state index in [0.717, 1.165) is 25.3 Å². The van der Waals surface area contributed by atoms with Crippen LogP contribution in [0.5, 0.6) is 0 Å². The zero-order chi connectivity index (χ0) is 27.0. The third-order valence-electron chi connectivity index (χ3n) is 7.84. The number of carbonyl (C=O) groups excluding carboxylic acids is 1. The Labute approximate surface area is 224 Å². The predicted molar refractivity (Wildman–Crippen MR) is 141 cm³/mol. The molecule has 0 aliphatic heterocycles. The van der Waals surface area contributed by atoms with E-state index in [1.54, 1.807) is 6.20 Å². The van der Waals surface area contributed by atoms with Crippen LogP contribution in [-0.4, -0.2) is 42.7 Å². The van der Waals surface area contributed by atoms with Crippen molar-refractivity contribution in [2.75, 3.05) is 10.6 Å². The Hall–Kier alpha value is -3.49. The van der Waals surface area contributed by atoms with Crippen LogP contribution in [0.2, 0.25) is 5.02 Å². The predicted octanol–water partition coefficient (Wildman–Crippen LogP) is 4.56. The number of hydrogen-bond acceptors (Lipinski definition) is 8. The number of aromatic nitrogens is 4. The van der Waals surface area contributed by atoms with Crippen molar-refractivity contribution in [1.29, 1.82) is 5.26 Å². The van der Waals surface area contributed by atoms with E-state index in [-0.39, 0.29) is 40.4 Å². The number of primary amides is 1. The number of rotatable bonds is 6. The first-order valence-corrected chi connectivity index (χ1v) is 13.2. The van der Waals surface area contributed by atoms with Gasteiger partial charge in [-0.3, -0.25) is 9.36 Å². The van der Waals surface area contributed by atoms with E-state index in [1.807, 2.05) is 17.6 Å². The lowest BCUT2D eigenvalue weighted by Crippen LogP contribution is -2.38. The number of halogens is 2. The second-order valence-electron chi connectivity index (χ2n) is 10.6. The van der Waals surface area contributed by atoms with Crippen LogP contribution in [0.1, 0.15) is 69.9 Å². The molecule has 1 aromatic carbocycles. The smallest absolute Gasteiger partial charge is 0.224 e. The van der Waals surface area contributed by atoms with Crippen LogP contribution in [-0.2, 0) is 4.79 Å². The highest BCUT2D eigenvalue weighted by Crippen LogP contribution is 2.43. The quantitative estimate of drug-likeness (QED) is 0.355. The number of fused-ring (bicyclic) bond motifs is 1. The van der Waals surface area contributed by atoms with Crippen LogP contribution in [0.4, 0.5) is 22.0 Å². The zero-order valence-electron chi connectivity index (χ0n) is 21.0. The van der Waals surface area contributed by atoms with Crippen molar-refractivity contribution in [1.82, 2.24) is 19.5 Å². The molecule has 12 heteroatoms. The van der Waals surface area contributed by atoms with Gasteiger partial charge in [-0.15, -0.1) is 0 Å². The summed E-state index contributed by atoms with van der Waals surface area (Å²) in [6.45, 7) is 1.88. The van der Waals surface area contributed by atoms with E-state index in [9.17, 15) is 14.3 Å². The first kappa shape index (κ1) is 26.1. The maximum absolute atomic E-state index is 14.9. The zero-order valence-corrected chi connectivity index (χ0v) is 21.8. The molecule has 0 unspecified atom stereocenters. The van der Waals surface area contributed by atoms with Crippen molar-refractivity contribution in [3.63, 3.8) is 0 Å². The summed E-state index contributed by atoms with van der Waals surface area (Å²) in [4.78, 5) is 25.9. The molecule has 5 N–H and O–H groups in total. The minimum Gasteiger partial charge on any atom is -0.393 e. The summed E-state index contributed by atoms with van der Waals surface area (Å²) in [5.41, 5.74) is 6.25. The summed E-state index contributed by atoms with van der Waals surface area (Å²) in [6, 6.07) is 4.36. The third kappa shape index (κ3) is 5.11. The fraction of sp³-hybridized carbons (Fsp3) is 0.500. The minimum atomic E-state index is -0.679. The first-order valence-electron chi connectivity index (χ1n) is 12.8. The largest absolute Gasteiger partial charge is 0.393 e. The number of nitrogens with two attached hydrogens (primary N) is 1. The number of anilines is 3. The van der Waals surface area contributed by atoms with Crippen LogP contribution >= 0.6 is 11.6 Å². The summed E-state index contributed by atoms with van der Waals surface area (Å²) < 4.78 is 16.8. The molecule has 2 aromatic heterocycles. The topological polar surface area (TPSA) is 155 Å². The van der Waals surface area contributed by atoms with Gasteiger partial charge in [-0.1, -0.05) is 18.5 Å². The number of carbonyl (C=O) groups is 1. The molecule has 2 fully saturated rings. The maximum atomic E-state index is 14.9. The Morgan fingerprint density at radius 1 is 1.29 bits per heavy atom. The van der Waals surface area contributed by atoms with E-state index in [1.165, 1.54) is 6.07 Å². The molecule has 2 aliphatic carbocycles. The molecule has 0 spiro atoms. The fourth-order valence-corrected chi connectivity index (χ4v) is 5.74. The van der Waals surface area contributed by atoms with Gasteiger partial charge in [0, 0.05) is 17.5 Å². The van der Waals surface area contributed by atoms with Crippen LogP contribution in [0.15, 0.2) is 18.3 Å². The van der Waals surface area contributed by atoms with Crippen molar-refractivity contribution in [2.24, 2.45) is 11.1 Å². The Bertz CT molecular complexity index is 1390. The van der Waals surface area contributed by atoms with Gasteiger partial charge in [0.05, 0.1) is 34.6 Å². The molecule has 200 valence electrons. The molecule has 2 aliphatic rings. The maximum Gasteiger partial charge on any atom is 0.224 e. The number of hydrogen-bond donors (Lipinski definition) is 4. The summed E-state index contributed by atoms with van der Waals surface area (Å²) in [6.07, 6.45) is 6.98. The highest BCUT2D eigenvalue weighted by Gasteiger charge is 2.38. The number of aliphatic hydroxyl groups is 1. The number of nitriles is 1. The molecular formula is C26H30ClFN8O2. The second-order valence-corrected chi connectivity index (χ2v) is 11.0. The first-order chi connectivity index (χ1) is 18.2. The van der Waals surface area contributed by atoms with Gasteiger partial charge < -0.3 is 21.5 Å². The van der Waals surface area contributed by atoms with Gasteiger partial charge in [0.15, 0.2) is 5.65 Å². The van der Waals surface area contributed by atoms with Gasteiger partial charge in [0.2, 0.25) is 17.8 Å². The highest BCUT2D eigenvalue weighted by atomic mass is 35.5. The van der Waals surface area contributed by atoms with Gasteiger partial charge in [-0.2, -0.15) is 10.2 Å². The number of benzene rings is 1. The molecule has 3 aromatic rings. The number of nitrogens with zero attached hydrogens (tertiary/aromatic N) is 5. The van der Waals surface area contributed by atoms with Crippen molar-refractivity contribution < 1.29 is 14.3 Å². The van der Waals surface area contributed by atoms with E-state index in [2.05, 4.69) is 20.6 Å². The van der Waals surface area contributed by atoms with Crippen LogP contribution in [0, 0.1) is 22.6 Å². The fourth-order valence-electron chi connectivity index (χ4n) is 5.49. The Morgan fingerprint density at radius 3 is 2.71 bits per heavy atom. The van der Waals surface area contributed by atoms with Crippen LogP contribution in [0.3, 0.4) is 0 Å². The molecule has 5 rings (SSSR count). The van der Waals surface area contributed by atoms with Gasteiger partial charge >= 0.3 is 0 Å². The normalized spacial score (nSPS) is 25.6. The van der Waals surface area contributed by atoms with Gasteiger partial charge in [0.25, 0.3) is 0 Å². The van der Waals surface area contributed by atoms with Crippen LogP contribution < -0.4 is 16.4 Å². The van der Waals surface area contributed by atoms with E-state index in [0.29, 0.717) is 55.2 Å².